The Kier molecular flexibility index (Phi) is 5.74. The van der Waals surface area contributed by atoms with Gasteiger partial charge < -0.3 is 0 Å². The topological polar surface area (TPSA) is 45.6 Å². The van der Waals surface area contributed by atoms with E-state index in [0.29, 0.717) is 10.7 Å². The van der Waals surface area contributed by atoms with Crippen molar-refractivity contribution in [2.75, 3.05) is 0 Å². The molecule has 0 unspecified atom stereocenters. The fourth-order valence-electron chi connectivity index (χ4n) is 3.49. The number of thioether (sulfide) groups is 1. The van der Waals surface area contributed by atoms with Crippen LogP contribution in [0.1, 0.15) is 37.7 Å². The van der Waals surface area contributed by atoms with Crippen molar-refractivity contribution in [1.82, 2.24) is 9.88 Å². The Morgan fingerprint density at radius 1 is 1.15 bits per heavy atom. The zero-order valence-corrected chi connectivity index (χ0v) is 17.2. The number of rotatable bonds is 3. The van der Waals surface area contributed by atoms with Crippen LogP contribution in [-0.4, -0.2) is 27.0 Å². The van der Waals surface area contributed by atoms with Crippen molar-refractivity contribution < 1.29 is 4.79 Å². The SMILES string of the molecule is O=C1/C(=C/c2cccc(Br)c2)S/C(=N/c2ccccn2)N1C1CCCCC1. The van der Waals surface area contributed by atoms with Crippen LogP contribution in [0.3, 0.4) is 0 Å². The minimum Gasteiger partial charge on any atom is -0.283 e. The molecule has 0 bridgehead atoms. The molecule has 2 heterocycles. The van der Waals surface area contributed by atoms with E-state index < -0.39 is 0 Å². The highest BCUT2D eigenvalue weighted by Crippen LogP contribution is 2.38. The fourth-order valence-corrected chi connectivity index (χ4v) is 4.96. The Morgan fingerprint density at radius 2 is 2.00 bits per heavy atom. The molecule has 1 aliphatic heterocycles. The molecule has 27 heavy (non-hydrogen) atoms. The molecule has 0 radical (unpaired) electrons. The number of carbonyl (C=O) groups is 1. The summed E-state index contributed by atoms with van der Waals surface area (Å²) in [5, 5.41) is 0.742. The third kappa shape index (κ3) is 4.33. The van der Waals surface area contributed by atoms with Gasteiger partial charge in [-0.15, -0.1) is 0 Å². The number of carbonyl (C=O) groups excluding carboxylic acids is 1. The number of hydrogen-bond acceptors (Lipinski definition) is 4. The Morgan fingerprint density at radius 3 is 2.74 bits per heavy atom. The first-order valence-corrected chi connectivity index (χ1v) is 10.8. The van der Waals surface area contributed by atoms with E-state index in [-0.39, 0.29) is 11.9 Å². The van der Waals surface area contributed by atoms with E-state index in [1.54, 1.807) is 6.20 Å². The molecule has 1 aromatic heterocycles. The minimum atomic E-state index is 0.0570. The van der Waals surface area contributed by atoms with Crippen molar-refractivity contribution in [2.24, 2.45) is 4.99 Å². The van der Waals surface area contributed by atoms with Gasteiger partial charge in [0.25, 0.3) is 5.91 Å². The molecule has 1 saturated carbocycles. The van der Waals surface area contributed by atoms with Gasteiger partial charge in [0.05, 0.1) is 4.91 Å². The van der Waals surface area contributed by atoms with Crippen molar-refractivity contribution in [1.29, 1.82) is 0 Å². The fraction of sp³-hybridized carbons (Fsp3) is 0.286. The summed E-state index contributed by atoms with van der Waals surface area (Å²) in [6.07, 6.45) is 9.34. The normalized spacial score (nSPS) is 21.4. The predicted octanol–water partition coefficient (Wildman–Crippen LogP) is 5.78. The van der Waals surface area contributed by atoms with Gasteiger partial charge in [-0.3, -0.25) is 9.69 Å². The largest absolute Gasteiger partial charge is 0.283 e. The molecule has 2 aromatic rings. The Bertz CT molecular complexity index is 891. The van der Waals surface area contributed by atoms with E-state index in [4.69, 9.17) is 4.99 Å². The molecule has 1 aliphatic carbocycles. The summed E-state index contributed by atoms with van der Waals surface area (Å²) in [5.74, 6) is 0.693. The molecular formula is C21H20BrN3OS. The van der Waals surface area contributed by atoms with Crippen molar-refractivity contribution in [3.63, 3.8) is 0 Å². The zero-order valence-electron chi connectivity index (χ0n) is 14.8. The Labute approximate surface area is 171 Å². The molecule has 0 spiro atoms. The van der Waals surface area contributed by atoms with Crippen LogP contribution >= 0.6 is 27.7 Å². The van der Waals surface area contributed by atoms with Gasteiger partial charge in [-0.25, -0.2) is 9.98 Å². The summed E-state index contributed by atoms with van der Waals surface area (Å²) >= 11 is 4.94. The van der Waals surface area contributed by atoms with Gasteiger partial charge >= 0.3 is 0 Å². The summed E-state index contributed by atoms with van der Waals surface area (Å²) < 4.78 is 0.999. The quantitative estimate of drug-likeness (QED) is 0.566. The third-order valence-electron chi connectivity index (χ3n) is 4.78. The maximum absolute atomic E-state index is 13.2. The zero-order chi connectivity index (χ0) is 18.6. The lowest BCUT2D eigenvalue weighted by Gasteiger charge is -2.30. The molecule has 138 valence electrons. The second-order valence-corrected chi connectivity index (χ2v) is 8.64. The van der Waals surface area contributed by atoms with Crippen molar-refractivity contribution in [3.05, 3.63) is 63.6 Å². The van der Waals surface area contributed by atoms with Crippen molar-refractivity contribution in [3.8, 4) is 0 Å². The average Bonchev–Trinajstić information content (AvgIpc) is 2.98. The Balaban J connectivity index is 1.69. The van der Waals surface area contributed by atoms with E-state index in [1.807, 2.05) is 53.4 Å². The minimum absolute atomic E-state index is 0.0570. The van der Waals surface area contributed by atoms with Gasteiger partial charge in [-0.05, 0) is 60.5 Å². The highest BCUT2D eigenvalue weighted by molar-refractivity contribution is 9.10. The molecular weight excluding hydrogens is 422 g/mol. The van der Waals surface area contributed by atoms with Crippen LogP contribution in [0.25, 0.3) is 6.08 Å². The van der Waals surface area contributed by atoms with Gasteiger partial charge in [-0.1, -0.05) is 53.4 Å². The molecule has 4 nitrogen and oxygen atoms in total. The maximum atomic E-state index is 13.2. The standard InChI is InChI=1S/C21H20BrN3OS/c22-16-8-6-7-15(13-16)14-18-20(26)25(17-9-2-1-3-10-17)21(27-18)24-19-11-4-5-12-23-19/h4-8,11-14,17H,1-3,9-10H2/b18-14-,24-21+. The first-order chi connectivity index (χ1) is 13.2. The number of amides is 1. The van der Waals surface area contributed by atoms with Gasteiger partial charge in [0, 0.05) is 16.7 Å². The first kappa shape index (κ1) is 18.4. The number of pyridine rings is 1. The van der Waals surface area contributed by atoms with Crippen LogP contribution in [0.5, 0.6) is 0 Å². The first-order valence-electron chi connectivity index (χ1n) is 9.19. The number of hydrogen-bond donors (Lipinski definition) is 0. The summed E-state index contributed by atoms with van der Waals surface area (Å²) in [6.45, 7) is 0. The average molecular weight is 442 g/mol. The number of halogens is 1. The van der Waals surface area contributed by atoms with Gasteiger partial charge in [0.2, 0.25) is 0 Å². The Hall–Kier alpha value is -1.92. The van der Waals surface area contributed by atoms with Crippen molar-refractivity contribution >= 4 is 50.7 Å². The van der Waals surface area contributed by atoms with Gasteiger partial charge in [-0.2, -0.15) is 0 Å². The molecule has 1 saturated heterocycles. The van der Waals surface area contributed by atoms with Gasteiger partial charge in [0.15, 0.2) is 11.0 Å². The number of aliphatic imine (C=N–C) groups is 1. The molecule has 1 amide bonds. The van der Waals surface area contributed by atoms with Crippen LogP contribution < -0.4 is 0 Å². The maximum Gasteiger partial charge on any atom is 0.267 e. The van der Waals surface area contributed by atoms with E-state index in [0.717, 1.165) is 28.0 Å². The van der Waals surface area contributed by atoms with Crippen molar-refractivity contribution in [2.45, 2.75) is 38.1 Å². The van der Waals surface area contributed by atoms with Crippen LogP contribution in [0, 0.1) is 0 Å². The predicted molar refractivity (Wildman–Crippen MR) is 115 cm³/mol. The molecule has 2 aliphatic rings. The lowest BCUT2D eigenvalue weighted by molar-refractivity contribution is -0.124. The van der Waals surface area contributed by atoms with Crippen LogP contribution in [-0.2, 0) is 4.79 Å². The monoisotopic (exact) mass is 441 g/mol. The highest BCUT2D eigenvalue weighted by Gasteiger charge is 2.38. The molecule has 1 aromatic carbocycles. The van der Waals surface area contributed by atoms with Crippen LogP contribution in [0.4, 0.5) is 5.82 Å². The lowest BCUT2D eigenvalue weighted by atomic mass is 9.94. The van der Waals surface area contributed by atoms with E-state index in [9.17, 15) is 4.79 Å². The summed E-state index contributed by atoms with van der Waals surface area (Å²) in [6, 6.07) is 13.9. The summed E-state index contributed by atoms with van der Waals surface area (Å²) in [4.78, 5) is 24.8. The van der Waals surface area contributed by atoms with Gasteiger partial charge in [0.1, 0.15) is 0 Å². The van der Waals surface area contributed by atoms with E-state index >= 15 is 0 Å². The molecule has 4 rings (SSSR count). The second kappa shape index (κ2) is 8.40. The lowest BCUT2D eigenvalue weighted by Crippen LogP contribution is -2.40. The molecule has 0 N–H and O–H groups in total. The van der Waals surface area contributed by atoms with Crippen LogP contribution in [0.2, 0.25) is 0 Å². The van der Waals surface area contributed by atoms with E-state index in [1.165, 1.54) is 31.0 Å². The molecule has 0 atom stereocenters. The second-order valence-electron chi connectivity index (χ2n) is 6.71. The molecule has 6 heteroatoms. The number of benzene rings is 1. The van der Waals surface area contributed by atoms with E-state index in [2.05, 4.69) is 20.9 Å². The number of aromatic nitrogens is 1. The highest BCUT2D eigenvalue weighted by atomic mass is 79.9. The van der Waals surface area contributed by atoms with Crippen LogP contribution in [0.15, 0.2) is 63.0 Å². The smallest absolute Gasteiger partial charge is 0.267 e. The molecule has 2 fully saturated rings. The number of amidine groups is 1. The summed E-state index contributed by atoms with van der Waals surface area (Å²) in [7, 11) is 0. The number of nitrogens with zero attached hydrogens (tertiary/aromatic N) is 3. The summed E-state index contributed by atoms with van der Waals surface area (Å²) in [5.41, 5.74) is 1.00. The third-order valence-corrected chi connectivity index (χ3v) is 6.26.